The van der Waals surface area contributed by atoms with Crippen LogP contribution in [-0.4, -0.2) is 6.61 Å². The molecule has 0 aromatic heterocycles. The van der Waals surface area contributed by atoms with E-state index in [2.05, 4.69) is 38.1 Å². The van der Waals surface area contributed by atoms with Gasteiger partial charge in [0.25, 0.3) is 0 Å². The first-order valence-electron chi connectivity index (χ1n) is 5.18. The first-order valence-corrected chi connectivity index (χ1v) is 5.18. The lowest BCUT2D eigenvalue weighted by atomic mass is 10.0. The average molecular weight is 188 g/mol. The van der Waals surface area contributed by atoms with E-state index >= 15 is 0 Å². The summed E-state index contributed by atoms with van der Waals surface area (Å²) in [5.41, 5.74) is 3.92. The summed E-state index contributed by atoms with van der Waals surface area (Å²) < 4.78 is 5.66. The second-order valence-electron chi connectivity index (χ2n) is 3.81. The third-order valence-electron chi connectivity index (χ3n) is 2.81. The van der Waals surface area contributed by atoms with E-state index in [9.17, 15) is 0 Å². The van der Waals surface area contributed by atoms with Gasteiger partial charge < -0.3 is 4.74 Å². The van der Waals surface area contributed by atoms with Gasteiger partial charge in [-0.3, -0.25) is 0 Å². The molecule has 1 heteroatoms. The van der Waals surface area contributed by atoms with Crippen LogP contribution in [0.5, 0.6) is 0 Å². The molecule has 74 valence electrons. The molecule has 0 saturated carbocycles. The van der Waals surface area contributed by atoms with Crippen LogP contribution in [0, 0.1) is 13.8 Å². The maximum Gasteiger partial charge on any atom is 0.122 e. The molecule has 0 unspecified atom stereocenters. The number of benzene rings is 1. The molecule has 2 rings (SSSR count). The topological polar surface area (TPSA) is 9.23 Å². The van der Waals surface area contributed by atoms with E-state index in [0.717, 1.165) is 25.2 Å². The molecule has 1 aliphatic rings. The molecule has 0 atom stereocenters. The van der Waals surface area contributed by atoms with Crippen molar-refractivity contribution < 1.29 is 4.74 Å². The average Bonchev–Trinajstić information content (AvgIpc) is 2.23. The van der Waals surface area contributed by atoms with E-state index in [-0.39, 0.29) is 0 Å². The smallest absolute Gasteiger partial charge is 0.122 e. The summed E-state index contributed by atoms with van der Waals surface area (Å²) in [7, 11) is 0. The van der Waals surface area contributed by atoms with Gasteiger partial charge in [-0.05, 0) is 43.9 Å². The lowest BCUT2D eigenvalue weighted by molar-refractivity contribution is 0.258. The molecule has 1 heterocycles. The van der Waals surface area contributed by atoms with Crippen molar-refractivity contribution in [3.63, 3.8) is 0 Å². The van der Waals surface area contributed by atoms with Crippen molar-refractivity contribution in [1.82, 2.24) is 0 Å². The number of ether oxygens (including phenoxy) is 1. The van der Waals surface area contributed by atoms with Gasteiger partial charge in [0.15, 0.2) is 0 Å². The number of hydrogen-bond acceptors (Lipinski definition) is 1. The van der Waals surface area contributed by atoms with E-state index < -0.39 is 0 Å². The Morgan fingerprint density at radius 3 is 2.79 bits per heavy atom. The standard InChI is InChI=1S/C13H16O/c1-10-6-5-7-12(11(10)2)13-8-3-4-9-14-13/h5-8H,3-4,9H2,1-2H3. The SMILES string of the molecule is Cc1cccc(C2=CCCCO2)c1C. The molecule has 1 aromatic rings. The second kappa shape index (κ2) is 3.87. The highest BCUT2D eigenvalue weighted by Crippen LogP contribution is 2.25. The molecular weight excluding hydrogens is 172 g/mol. The third-order valence-corrected chi connectivity index (χ3v) is 2.81. The lowest BCUT2D eigenvalue weighted by Gasteiger charge is -2.17. The predicted molar refractivity (Wildman–Crippen MR) is 59.1 cm³/mol. The normalized spacial score (nSPS) is 16.0. The van der Waals surface area contributed by atoms with E-state index in [4.69, 9.17) is 4.74 Å². The highest BCUT2D eigenvalue weighted by Gasteiger charge is 2.10. The quantitative estimate of drug-likeness (QED) is 0.656. The highest BCUT2D eigenvalue weighted by molar-refractivity contribution is 5.64. The van der Waals surface area contributed by atoms with Gasteiger partial charge in [-0.2, -0.15) is 0 Å². The van der Waals surface area contributed by atoms with Crippen molar-refractivity contribution in [2.24, 2.45) is 0 Å². The number of rotatable bonds is 1. The second-order valence-corrected chi connectivity index (χ2v) is 3.81. The molecule has 0 saturated heterocycles. The molecule has 0 N–H and O–H groups in total. The van der Waals surface area contributed by atoms with Gasteiger partial charge in [0.05, 0.1) is 6.61 Å². The largest absolute Gasteiger partial charge is 0.493 e. The zero-order valence-electron chi connectivity index (χ0n) is 8.84. The molecule has 14 heavy (non-hydrogen) atoms. The summed E-state index contributed by atoms with van der Waals surface area (Å²) in [5, 5.41) is 0. The van der Waals surface area contributed by atoms with Crippen LogP contribution >= 0.6 is 0 Å². The summed E-state index contributed by atoms with van der Waals surface area (Å²) >= 11 is 0. The van der Waals surface area contributed by atoms with Crippen LogP contribution in [0.4, 0.5) is 0 Å². The number of aryl methyl sites for hydroxylation is 1. The number of hydrogen-bond donors (Lipinski definition) is 0. The Morgan fingerprint density at radius 1 is 1.21 bits per heavy atom. The van der Waals surface area contributed by atoms with Crippen LogP contribution in [0.3, 0.4) is 0 Å². The fraction of sp³-hybridized carbons (Fsp3) is 0.385. The van der Waals surface area contributed by atoms with Crippen LogP contribution in [0.1, 0.15) is 29.5 Å². The minimum absolute atomic E-state index is 0.860. The van der Waals surface area contributed by atoms with E-state index in [1.807, 2.05) is 0 Å². The minimum Gasteiger partial charge on any atom is -0.493 e. The van der Waals surface area contributed by atoms with Crippen molar-refractivity contribution in [1.29, 1.82) is 0 Å². The molecular formula is C13H16O. The van der Waals surface area contributed by atoms with E-state index in [1.165, 1.54) is 16.7 Å². The molecule has 1 aromatic carbocycles. The first kappa shape index (κ1) is 9.32. The summed E-state index contributed by atoms with van der Waals surface area (Å²) in [6, 6.07) is 6.37. The third kappa shape index (κ3) is 1.67. The lowest BCUT2D eigenvalue weighted by Crippen LogP contribution is -2.02. The van der Waals surface area contributed by atoms with Gasteiger partial charge in [0.2, 0.25) is 0 Å². The van der Waals surface area contributed by atoms with Crippen LogP contribution < -0.4 is 0 Å². The van der Waals surface area contributed by atoms with Gasteiger partial charge in [-0.25, -0.2) is 0 Å². The van der Waals surface area contributed by atoms with E-state index in [0.29, 0.717) is 0 Å². The monoisotopic (exact) mass is 188 g/mol. The molecule has 0 amide bonds. The first-order chi connectivity index (χ1) is 6.79. The minimum atomic E-state index is 0.860. The Balaban J connectivity index is 2.40. The Labute approximate surface area is 85.4 Å². The summed E-state index contributed by atoms with van der Waals surface area (Å²) in [4.78, 5) is 0. The Kier molecular flexibility index (Phi) is 2.58. The van der Waals surface area contributed by atoms with Gasteiger partial charge in [-0.15, -0.1) is 0 Å². The molecule has 0 spiro atoms. The molecule has 0 aliphatic carbocycles. The zero-order chi connectivity index (χ0) is 9.97. The van der Waals surface area contributed by atoms with Gasteiger partial charge in [0.1, 0.15) is 5.76 Å². The van der Waals surface area contributed by atoms with Crippen molar-refractivity contribution >= 4 is 5.76 Å². The summed E-state index contributed by atoms with van der Waals surface area (Å²) in [6.07, 6.45) is 4.49. The fourth-order valence-corrected chi connectivity index (χ4v) is 1.76. The summed E-state index contributed by atoms with van der Waals surface area (Å²) in [5.74, 6) is 1.07. The predicted octanol–water partition coefficient (Wildman–Crippen LogP) is 3.45. The van der Waals surface area contributed by atoms with Crippen LogP contribution in [0.15, 0.2) is 24.3 Å². The van der Waals surface area contributed by atoms with Crippen molar-refractivity contribution in [2.75, 3.05) is 6.61 Å². The van der Waals surface area contributed by atoms with Crippen molar-refractivity contribution in [3.05, 3.63) is 41.0 Å². The fourth-order valence-electron chi connectivity index (χ4n) is 1.76. The molecule has 0 fully saturated rings. The van der Waals surface area contributed by atoms with Gasteiger partial charge >= 0.3 is 0 Å². The Bertz CT molecular complexity index is 363. The highest BCUT2D eigenvalue weighted by atomic mass is 16.5. The van der Waals surface area contributed by atoms with Gasteiger partial charge in [-0.1, -0.05) is 18.2 Å². The Hall–Kier alpha value is -1.24. The van der Waals surface area contributed by atoms with Crippen LogP contribution in [-0.2, 0) is 4.74 Å². The maximum atomic E-state index is 5.66. The van der Waals surface area contributed by atoms with Crippen LogP contribution in [0.2, 0.25) is 0 Å². The van der Waals surface area contributed by atoms with Crippen molar-refractivity contribution in [2.45, 2.75) is 26.7 Å². The number of allylic oxidation sites excluding steroid dienone is 1. The molecule has 0 bridgehead atoms. The van der Waals surface area contributed by atoms with Gasteiger partial charge in [0, 0.05) is 5.56 Å². The zero-order valence-corrected chi connectivity index (χ0v) is 8.84. The Morgan fingerprint density at radius 2 is 2.07 bits per heavy atom. The molecule has 1 aliphatic heterocycles. The van der Waals surface area contributed by atoms with Crippen LogP contribution in [0.25, 0.3) is 5.76 Å². The maximum absolute atomic E-state index is 5.66. The van der Waals surface area contributed by atoms with E-state index in [1.54, 1.807) is 0 Å². The van der Waals surface area contributed by atoms with Crippen molar-refractivity contribution in [3.8, 4) is 0 Å². The summed E-state index contributed by atoms with van der Waals surface area (Å²) in [6.45, 7) is 5.16. The molecule has 0 radical (unpaired) electrons. The molecule has 1 nitrogen and oxygen atoms in total.